The zero-order valence-electron chi connectivity index (χ0n) is 14.0. The summed E-state index contributed by atoms with van der Waals surface area (Å²) in [5, 5.41) is 0. The summed E-state index contributed by atoms with van der Waals surface area (Å²) in [6.45, 7) is 0.0511. The highest BCUT2D eigenvalue weighted by atomic mass is 32.2. The number of hydrogen-bond acceptors (Lipinski definition) is 3. The minimum Gasteiger partial charge on any atom is -0.492 e. The predicted molar refractivity (Wildman–Crippen MR) is 86.3 cm³/mol. The summed E-state index contributed by atoms with van der Waals surface area (Å²) in [7, 11) is -0.629. The Kier molecular flexibility index (Phi) is 4.76. The molecule has 1 aromatic rings. The summed E-state index contributed by atoms with van der Waals surface area (Å²) in [6.07, 6.45) is -1.92. The lowest BCUT2D eigenvalue weighted by molar-refractivity contribution is -0.137. The van der Waals surface area contributed by atoms with Crippen LogP contribution in [-0.4, -0.2) is 49.8 Å². The third-order valence-corrected chi connectivity index (χ3v) is 7.01. The van der Waals surface area contributed by atoms with Gasteiger partial charge in [-0.15, -0.1) is 0 Å². The highest BCUT2D eigenvalue weighted by Crippen LogP contribution is 2.44. The van der Waals surface area contributed by atoms with E-state index in [2.05, 4.69) is 0 Å². The third kappa shape index (κ3) is 3.50. The molecule has 140 valence electrons. The Bertz CT molecular complexity index is 736. The molecule has 3 atom stereocenters. The molecule has 5 nitrogen and oxygen atoms in total. The fraction of sp³-hybridized carbons (Fsp3) is 0.625. The lowest BCUT2D eigenvalue weighted by Crippen LogP contribution is -2.51. The van der Waals surface area contributed by atoms with Crippen LogP contribution in [0.15, 0.2) is 24.3 Å². The van der Waals surface area contributed by atoms with Crippen molar-refractivity contribution in [3.63, 3.8) is 0 Å². The molecule has 1 aliphatic carbocycles. The van der Waals surface area contributed by atoms with Crippen LogP contribution in [0.5, 0.6) is 5.75 Å². The maximum Gasteiger partial charge on any atom is 0.416 e. The molecular formula is C16H21F3N2O3S. The second-order valence-corrected chi connectivity index (χ2v) is 8.80. The Morgan fingerprint density at radius 2 is 2.00 bits per heavy atom. The Labute approximate surface area is 145 Å². The van der Waals surface area contributed by atoms with Crippen molar-refractivity contribution in [1.82, 2.24) is 8.61 Å². The van der Waals surface area contributed by atoms with Crippen LogP contribution in [0, 0.1) is 5.92 Å². The Morgan fingerprint density at radius 1 is 1.28 bits per heavy atom. The topological polar surface area (TPSA) is 49.9 Å². The number of halogens is 3. The van der Waals surface area contributed by atoms with Gasteiger partial charge in [-0.2, -0.15) is 30.2 Å². The third-order valence-electron chi connectivity index (χ3n) is 4.99. The minimum absolute atomic E-state index is 0.0486. The molecule has 2 unspecified atom stereocenters. The van der Waals surface area contributed by atoms with Gasteiger partial charge in [0.05, 0.1) is 11.6 Å². The number of piperidine rings is 1. The number of rotatable bonds is 5. The van der Waals surface area contributed by atoms with Crippen molar-refractivity contribution in [3.05, 3.63) is 29.8 Å². The van der Waals surface area contributed by atoms with E-state index in [0.29, 0.717) is 0 Å². The number of fused-ring (bicyclic) bond motifs is 2. The van der Waals surface area contributed by atoms with Gasteiger partial charge in [-0.3, -0.25) is 0 Å². The fourth-order valence-corrected chi connectivity index (χ4v) is 5.27. The molecule has 9 heteroatoms. The molecule has 3 rings (SSSR count). The normalized spacial score (nSPS) is 27.2. The van der Waals surface area contributed by atoms with Gasteiger partial charge in [0.25, 0.3) is 10.2 Å². The van der Waals surface area contributed by atoms with Gasteiger partial charge in [0.2, 0.25) is 0 Å². The number of ether oxygens (including phenoxy) is 1. The summed E-state index contributed by atoms with van der Waals surface area (Å²) >= 11 is 0. The molecule has 1 heterocycles. The van der Waals surface area contributed by atoms with Crippen molar-refractivity contribution in [2.24, 2.45) is 5.92 Å². The predicted octanol–water partition coefficient (Wildman–Crippen LogP) is 2.74. The van der Waals surface area contributed by atoms with E-state index in [-0.39, 0.29) is 30.4 Å². The monoisotopic (exact) mass is 378 g/mol. The molecule has 0 N–H and O–H groups in total. The number of alkyl halides is 3. The van der Waals surface area contributed by atoms with Crippen LogP contribution in [0.1, 0.15) is 24.8 Å². The van der Waals surface area contributed by atoms with Gasteiger partial charge in [0.15, 0.2) is 0 Å². The van der Waals surface area contributed by atoms with E-state index in [9.17, 15) is 21.6 Å². The van der Waals surface area contributed by atoms with Gasteiger partial charge in [0, 0.05) is 20.1 Å². The van der Waals surface area contributed by atoms with E-state index < -0.39 is 21.9 Å². The molecule has 1 saturated heterocycles. The first kappa shape index (κ1) is 18.5. The number of benzene rings is 1. The van der Waals surface area contributed by atoms with Crippen molar-refractivity contribution in [1.29, 1.82) is 0 Å². The van der Waals surface area contributed by atoms with Crippen LogP contribution in [0.4, 0.5) is 13.2 Å². The summed E-state index contributed by atoms with van der Waals surface area (Å²) in [4.78, 5) is 0. The first-order chi connectivity index (χ1) is 11.6. The molecule has 1 aliphatic heterocycles. The first-order valence-electron chi connectivity index (χ1n) is 8.11. The second kappa shape index (κ2) is 6.44. The van der Waals surface area contributed by atoms with Gasteiger partial charge in [-0.25, -0.2) is 0 Å². The average Bonchev–Trinajstić information content (AvgIpc) is 3.13. The lowest BCUT2D eigenvalue weighted by atomic mass is 10.0. The number of hydrogen-bond donors (Lipinski definition) is 0. The molecule has 1 saturated carbocycles. The summed E-state index contributed by atoms with van der Waals surface area (Å²) < 4.78 is 71.7. The number of nitrogens with zero attached hydrogens (tertiary/aromatic N) is 2. The quantitative estimate of drug-likeness (QED) is 0.792. The van der Waals surface area contributed by atoms with Crippen LogP contribution in [0.2, 0.25) is 0 Å². The second-order valence-electron chi connectivity index (χ2n) is 6.75. The first-order valence-corrected chi connectivity index (χ1v) is 9.51. The van der Waals surface area contributed by atoms with E-state index in [4.69, 9.17) is 4.74 Å². The highest BCUT2D eigenvalue weighted by Gasteiger charge is 2.52. The lowest BCUT2D eigenvalue weighted by Gasteiger charge is -2.35. The van der Waals surface area contributed by atoms with Gasteiger partial charge in [-0.05, 0) is 43.4 Å². The minimum atomic E-state index is -4.44. The Hall–Kier alpha value is -1.32. The van der Waals surface area contributed by atoms with E-state index in [0.717, 1.165) is 31.4 Å². The van der Waals surface area contributed by atoms with Gasteiger partial charge >= 0.3 is 6.18 Å². The Morgan fingerprint density at radius 3 is 2.64 bits per heavy atom. The molecular weight excluding hydrogens is 357 g/mol. The highest BCUT2D eigenvalue weighted by molar-refractivity contribution is 7.86. The average molecular weight is 378 g/mol. The van der Waals surface area contributed by atoms with Gasteiger partial charge in [-0.1, -0.05) is 6.07 Å². The van der Waals surface area contributed by atoms with Gasteiger partial charge < -0.3 is 4.74 Å². The Balaban J connectivity index is 1.76. The summed E-state index contributed by atoms with van der Waals surface area (Å²) in [5.74, 6) is 0.283. The standard InChI is InChI=1S/C16H21F3N2O3S/c1-20(2)25(22,23)21-13-7-6-11(8-13)15(21)10-24-14-5-3-4-12(9-14)16(17,18)19/h3-5,9,11,13,15H,6-8,10H2,1-2H3/t11?,13?,15-/m1/s1. The largest absolute Gasteiger partial charge is 0.492 e. The molecule has 0 radical (unpaired) electrons. The molecule has 2 bridgehead atoms. The molecule has 1 aromatic carbocycles. The molecule has 0 amide bonds. The zero-order chi connectivity index (χ0) is 18.4. The van der Waals surface area contributed by atoms with Crippen molar-refractivity contribution in [2.45, 2.75) is 37.5 Å². The van der Waals surface area contributed by atoms with Crippen molar-refractivity contribution in [3.8, 4) is 5.75 Å². The fourth-order valence-electron chi connectivity index (χ4n) is 3.75. The van der Waals surface area contributed by atoms with Crippen molar-refractivity contribution in [2.75, 3.05) is 20.7 Å². The van der Waals surface area contributed by atoms with Gasteiger partial charge in [0.1, 0.15) is 12.4 Å². The van der Waals surface area contributed by atoms with Crippen LogP contribution < -0.4 is 4.74 Å². The van der Waals surface area contributed by atoms with E-state index in [1.807, 2.05) is 0 Å². The SMILES string of the molecule is CN(C)S(=O)(=O)N1C2CCC(C2)[C@H]1COc1cccc(C(F)(F)F)c1. The van der Waals surface area contributed by atoms with E-state index in [1.54, 1.807) is 0 Å². The zero-order valence-corrected chi connectivity index (χ0v) is 14.8. The van der Waals surface area contributed by atoms with Crippen LogP contribution in [-0.2, 0) is 16.4 Å². The van der Waals surface area contributed by atoms with Crippen molar-refractivity contribution < 1.29 is 26.3 Å². The molecule has 2 fully saturated rings. The maximum atomic E-state index is 12.8. The van der Waals surface area contributed by atoms with Crippen molar-refractivity contribution >= 4 is 10.2 Å². The smallest absolute Gasteiger partial charge is 0.416 e. The van der Waals surface area contributed by atoms with E-state index in [1.165, 1.54) is 34.8 Å². The maximum absolute atomic E-state index is 12.8. The van der Waals surface area contributed by atoms with Crippen LogP contribution >= 0.6 is 0 Å². The van der Waals surface area contributed by atoms with Crippen LogP contribution in [0.25, 0.3) is 0 Å². The van der Waals surface area contributed by atoms with E-state index >= 15 is 0 Å². The molecule has 0 aromatic heterocycles. The van der Waals surface area contributed by atoms with Crippen LogP contribution in [0.3, 0.4) is 0 Å². The molecule has 25 heavy (non-hydrogen) atoms. The summed E-state index contributed by atoms with van der Waals surface area (Å²) in [6, 6.07) is 4.26. The summed E-state index contributed by atoms with van der Waals surface area (Å²) in [5.41, 5.74) is -0.782. The molecule has 2 aliphatic rings. The molecule has 0 spiro atoms.